The van der Waals surface area contributed by atoms with E-state index in [0.29, 0.717) is 6.54 Å². The molecular formula is C31H31N5O3. The molecular weight excluding hydrogens is 490 g/mol. The van der Waals surface area contributed by atoms with Crippen LogP contribution >= 0.6 is 0 Å². The SMILES string of the molecule is CCCn1c2ccc(Nc3cc(OC)cc(OC)c3)cc2c2c3c(c4c(c21)CCc1nn(C)cc1-4)C(=O)NC3. The Hall–Kier alpha value is -4.46. The van der Waals surface area contributed by atoms with E-state index in [9.17, 15) is 4.79 Å². The number of nitrogens with one attached hydrogen (secondary N) is 2. The van der Waals surface area contributed by atoms with E-state index < -0.39 is 0 Å². The standard InChI is InChI=1S/C31H31N5O3/c1-5-10-36-26-9-6-17(33-18-11-19(38-3)14-20(12-18)39-4)13-22(26)28-23-15-32-31(37)29(23)27-21(30(28)36)7-8-25-24(27)16-35(2)34-25/h6,9,11-14,16,33H,5,7-8,10,15H2,1-4H3,(H,32,37). The van der Waals surface area contributed by atoms with Gasteiger partial charge in [0.15, 0.2) is 0 Å². The summed E-state index contributed by atoms with van der Waals surface area (Å²) >= 11 is 0. The zero-order chi connectivity index (χ0) is 26.8. The summed E-state index contributed by atoms with van der Waals surface area (Å²) in [7, 11) is 5.26. The highest BCUT2D eigenvalue weighted by Crippen LogP contribution is 2.47. The molecule has 3 aromatic carbocycles. The minimum atomic E-state index is 0.00833. The first kappa shape index (κ1) is 23.6. The molecule has 0 spiro atoms. The predicted octanol–water partition coefficient (Wildman–Crippen LogP) is 5.71. The third-order valence-corrected chi connectivity index (χ3v) is 8.03. The monoisotopic (exact) mass is 521 g/mol. The number of hydrogen-bond donors (Lipinski definition) is 2. The molecule has 2 aliphatic rings. The highest BCUT2D eigenvalue weighted by Gasteiger charge is 2.35. The van der Waals surface area contributed by atoms with Crippen molar-refractivity contribution in [3.8, 4) is 22.6 Å². The highest BCUT2D eigenvalue weighted by atomic mass is 16.5. The van der Waals surface area contributed by atoms with Crippen LogP contribution < -0.4 is 20.1 Å². The molecule has 1 amide bonds. The molecule has 198 valence electrons. The van der Waals surface area contributed by atoms with E-state index in [0.717, 1.165) is 82.0 Å². The minimum Gasteiger partial charge on any atom is -0.497 e. The number of hydrogen-bond acceptors (Lipinski definition) is 5. The number of amides is 1. The summed E-state index contributed by atoms with van der Waals surface area (Å²) in [4.78, 5) is 13.3. The van der Waals surface area contributed by atoms with Crippen LogP contribution in [0.2, 0.25) is 0 Å². The maximum atomic E-state index is 13.3. The van der Waals surface area contributed by atoms with Crippen molar-refractivity contribution in [2.24, 2.45) is 7.05 Å². The first-order valence-corrected chi connectivity index (χ1v) is 13.5. The number of benzene rings is 3. The van der Waals surface area contributed by atoms with Crippen molar-refractivity contribution in [1.82, 2.24) is 19.7 Å². The van der Waals surface area contributed by atoms with E-state index >= 15 is 0 Å². The average molecular weight is 522 g/mol. The average Bonchev–Trinajstić information content (AvgIpc) is 3.61. The summed E-state index contributed by atoms with van der Waals surface area (Å²) in [5, 5.41) is 13.7. The molecule has 0 bridgehead atoms. The van der Waals surface area contributed by atoms with E-state index in [-0.39, 0.29) is 5.91 Å². The van der Waals surface area contributed by atoms with Gasteiger partial charge in [0.25, 0.3) is 5.91 Å². The summed E-state index contributed by atoms with van der Waals surface area (Å²) in [5.41, 5.74) is 10.7. The summed E-state index contributed by atoms with van der Waals surface area (Å²) in [6, 6.07) is 12.3. The van der Waals surface area contributed by atoms with Crippen LogP contribution in [0.1, 0.15) is 40.5 Å². The van der Waals surface area contributed by atoms with Gasteiger partial charge in [-0.2, -0.15) is 5.10 Å². The van der Waals surface area contributed by atoms with E-state index in [4.69, 9.17) is 14.6 Å². The van der Waals surface area contributed by atoms with E-state index in [1.54, 1.807) is 14.2 Å². The fourth-order valence-electron chi connectivity index (χ4n) is 6.50. The summed E-state index contributed by atoms with van der Waals surface area (Å²) in [5.74, 6) is 1.46. The van der Waals surface area contributed by atoms with Gasteiger partial charge in [-0.05, 0) is 48.6 Å². The van der Waals surface area contributed by atoms with Crippen molar-refractivity contribution in [1.29, 1.82) is 0 Å². The van der Waals surface area contributed by atoms with E-state index in [1.807, 2.05) is 29.9 Å². The summed E-state index contributed by atoms with van der Waals surface area (Å²) in [6.07, 6.45) is 4.83. The minimum absolute atomic E-state index is 0.00833. The van der Waals surface area contributed by atoms with Gasteiger partial charge in [0.1, 0.15) is 11.5 Å². The largest absolute Gasteiger partial charge is 0.497 e. The molecule has 0 unspecified atom stereocenters. The van der Waals surface area contributed by atoms with Crippen LogP contribution in [-0.4, -0.2) is 34.5 Å². The van der Waals surface area contributed by atoms with Crippen LogP contribution in [0.5, 0.6) is 11.5 Å². The lowest BCUT2D eigenvalue weighted by molar-refractivity contribution is 0.0966. The number of anilines is 2. The number of aromatic nitrogens is 3. The maximum Gasteiger partial charge on any atom is 0.252 e. The van der Waals surface area contributed by atoms with E-state index in [1.165, 1.54) is 22.0 Å². The third-order valence-electron chi connectivity index (χ3n) is 8.03. The number of ether oxygens (including phenoxy) is 2. The van der Waals surface area contributed by atoms with Gasteiger partial charge in [-0.25, -0.2) is 0 Å². The molecule has 0 saturated heterocycles. The normalized spacial score (nSPS) is 13.8. The Balaban J connectivity index is 1.50. The molecule has 1 aliphatic carbocycles. The molecule has 2 N–H and O–H groups in total. The highest BCUT2D eigenvalue weighted by molar-refractivity contribution is 6.20. The number of carbonyl (C=O) groups is 1. The first-order valence-electron chi connectivity index (χ1n) is 13.5. The smallest absolute Gasteiger partial charge is 0.252 e. The Bertz CT molecular complexity index is 1790. The lowest BCUT2D eigenvalue weighted by Gasteiger charge is -2.21. The number of rotatable bonds is 6. The van der Waals surface area contributed by atoms with Crippen LogP contribution in [0.25, 0.3) is 32.9 Å². The molecule has 8 nitrogen and oxygen atoms in total. The molecule has 39 heavy (non-hydrogen) atoms. The van der Waals surface area contributed by atoms with Crippen LogP contribution in [0.15, 0.2) is 42.6 Å². The maximum absolute atomic E-state index is 13.3. The zero-order valence-corrected chi connectivity index (χ0v) is 22.6. The number of nitrogens with zero attached hydrogens (tertiary/aromatic N) is 3. The quantitative estimate of drug-likeness (QED) is 0.299. The third kappa shape index (κ3) is 3.51. The summed E-state index contributed by atoms with van der Waals surface area (Å²) < 4.78 is 15.3. The van der Waals surface area contributed by atoms with E-state index in [2.05, 4.69) is 46.5 Å². The van der Waals surface area contributed by atoms with Gasteiger partial charge in [0, 0.05) is 83.3 Å². The Morgan fingerprint density at radius 3 is 2.54 bits per heavy atom. The van der Waals surface area contributed by atoms with Gasteiger partial charge < -0.3 is 24.7 Å². The Kier molecular flexibility index (Phi) is 5.33. The van der Waals surface area contributed by atoms with Crippen molar-refractivity contribution >= 4 is 39.1 Å². The van der Waals surface area contributed by atoms with Crippen LogP contribution in [0.4, 0.5) is 11.4 Å². The zero-order valence-electron chi connectivity index (χ0n) is 22.6. The molecule has 0 radical (unpaired) electrons. The fourth-order valence-corrected chi connectivity index (χ4v) is 6.50. The Morgan fingerprint density at radius 1 is 1.00 bits per heavy atom. The second-order valence-corrected chi connectivity index (χ2v) is 10.4. The Morgan fingerprint density at radius 2 is 1.79 bits per heavy atom. The lowest BCUT2D eigenvalue weighted by atomic mass is 9.82. The number of aryl methyl sites for hydroxylation is 4. The van der Waals surface area contributed by atoms with Crippen LogP contribution in [-0.2, 0) is 33.0 Å². The molecule has 2 aromatic heterocycles. The molecule has 7 rings (SSSR count). The second-order valence-electron chi connectivity index (χ2n) is 10.4. The van der Waals surface area contributed by atoms with Gasteiger partial charge in [-0.1, -0.05) is 6.92 Å². The van der Waals surface area contributed by atoms with Crippen LogP contribution in [0, 0.1) is 0 Å². The number of methoxy groups -OCH3 is 2. The number of fused-ring (bicyclic) bond motifs is 10. The van der Waals surface area contributed by atoms with Crippen molar-refractivity contribution in [3.05, 3.63) is 65.0 Å². The van der Waals surface area contributed by atoms with Crippen molar-refractivity contribution in [3.63, 3.8) is 0 Å². The second kappa shape index (κ2) is 8.80. The van der Waals surface area contributed by atoms with Crippen LogP contribution in [0.3, 0.4) is 0 Å². The van der Waals surface area contributed by atoms with Gasteiger partial charge in [0.05, 0.1) is 31.0 Å². The summed E-state index contributed by atoms with van der Waals surface area (Å²) in [6.45, 7) is 3.66. The van der Waals surface area contributed by atoms with Gasteiger partial charge >= 0.3 is 0 Å². The van der Waals surface area contributed by atoms with Crippen molar-refractivity contribution in [2.75, 3.05) is 19.5 Å². The topological polar surface area (TPSA) is 82.3 Å². The Labute approximate surface area is 226 Å². The molecule has 8 heteroatoms. The molecule has 0 atom stereocenters. The fraction of sp³-hybridized carbons (Fsp3) is 0.290. The van der Waals surface area contributed by atoms with Gasteiger partial charge in [0.2, 0.25) is 0 Å². The molecule has 0 saturated carbocycles. The number of carbonyl (C=O) groups excluding carboxylic acids is 1. The molecule has 5 aromatic rings. The lowest BCUT2D eigenvalue weighted by Crippen LogP contribution is -2.15. The molecule has 1 aliphatic heterocycles. The molecule has 0 fully saturated rings. The predicted molar refractivity (Wildman–Crippen MR) is 153 cm³/mol. The van der Waals surface area contributed by atoms with Crippen molar-refractivity contribution < 1.29 is 14.3 Å². The van der Waals surface area contributed by atoms with Gasteiger partial charge in [-0.15, -0.1) is 0 Å². The van der Waals surface area contributed by atoms with Crippen molar-refractivity contribution in [2.45, 2.75) is 39.3 Å². The first-order chi connectivity index (χ1) is 19.0. The molecule has 3 heterocycles. The van der Waals surface area contributed by atoms with Gasteiger partial charge in [-0.3, -0.25) is 9.48 Å².